The van der Waals surface area contributed by atoms with Gasteiger partial charge < -0.3 is 4.13 Å². The van der Waals surface area contributed by atoms with Crippen molar-refractivity contribution >= 4 is 20.0 Å². The highest BCUT2D eigenvalue weighted by Crippen LogP contribution is 2.36. The van der Waals surface area contributed by atoms with Crippen molar-refractivity contribution in [3.63, 3.8) is 0 Å². The van der Waals surface area contributed by atoms with E-state index in [1.807, 2.05) is 13.1 Å². The van der Waals surface area contributed by atoms with Crippen molar-refractivity contribution in [1.29, 1.82) is 0 Å². The number of sulfonamides is 2. The number of aromatic nitrogens is 2. The quantitative estimate of drug-likeness (QED) is 0.511. The molecule has 0 saturated carbocycles. The van der Waals surface area contributed by atoms with Crippen LogP contribution in [-0.4, -0.2) is 32.4 Å². The summed E-state index contributed by atoms with van der Waals surface area (Å²) in [5.41, 5.74) is -11.1. The number of nitrogens with zero attached hydrogens (tertiary/aromatic N) is 3. The predicted octanol–water partition coefficient (Wildman–Crippen LogP) is 2.98. The van der Waals surface area contributed by atoms with E-state index in [0.717, 1.165) is 4.13 Å². The summed E-state index contributed by atoms with van der Waals surface area (Å²) in [6.07, 6.45) is 6.24. The van der Waals surface area contributed by atoms with Crippen LogP contribution >= 0.6 is 0 Å². The first kappa shape index (κ1) is 24.9. The Bertz CT molecular complexity index is 974. The van der Waals surface area contributed by atoms with E-state index in [1.54, 1.807) is 0 Å². The van der Waals surface area contributed by atoms with Crippen molar-refractivity contribution in [2.24, 2.45) is 7.05 Å². The zero-order chi connectivity index (χ0) is 22.7. The molecule has 0 saturated heterocycles. The van der Waals surface area contributed by atoms with Gasteiger partial charge in [-0.2, -0.15) is 26.3 Å². The van der Waals surface area contributed by atoms with Crippen molar-refractivity contribution < 1.29 is 47.7 Å². The molecule has 0 bridgehead atoms. The van der Waals surface area contributed by atoms with Gasteiger partial charge in [-0.15, -0.1) is 0 Å². The average Bonchev–Trinajstić information content (AvgIpc) is 2.99. The Labute approximate surface area is 162 Å². The highest BCUT2D eigenvalue weighted by atomic mass is 32.3. The molecule has 0 aliphatic carbocycles. The van der Waals surface area contributed by atoms with Gasteiger partial charge in [0.15, 0.2) is 20.0 Å². The number of benzene rings is 1. The second-order valence-electron chi connectivity index (χ2n) is 5.53. The number of hydrogen-bond acceptors (Lipinski definition) is 4. The second kappa shape index (κ2) is 8.71. The Morgan fingerprint density at radius 3 is 1.72 bits per heavy atom. The molecule has 1 unspecified atom stereocenters. The molecule has 0 fully saturated rings. The molecule has 0 radical (unpaired) electrons. The molecule has 29 heavy (non-hydrogen) atoms. The van der Waals surface area contributed by atoms with Gasteiger partial charge in [0, 0.05) is 0 Å². The monoisotopic (exact) mass is 467 g/mol. The molecular weight excluding hydrogens is 452 g/mol. The lowest BCUT2D eigenvalue weighted by atomic mass is 10.1. The van der Waals surface area contributed by atoms with E-state index in [2.05, 4.69) is 59.0 Å². The maximum Gasteiger partial charge on any atom is 0.480 e. The average molecular weight is 467 g/mol. The Morgan fingerprint density at radius 1 is 0.931 bits per heavy atom. The zero-order valence-electron chi connectivity index (χ0n) is 14.8. The number of aryl methyl sites for hydroxylation is 1. The van der Waals surface area contributed by atoms with E-state index in [-0.39, 0.29) is 0 Å². The Balaban J connectivity index is 0.000000290. The number of halogens is 6. The molecule has 1 aromatic heterocycles. The van der Waals surface area contributed by atoms with Crippen LogP contribution in [0.2, 0.25) is 0 Å². The molecule has 0 N–H and O–H groups in total. The molecule has 0 aliphatic heterocycles. The van der Waals surface area contributed by atoms with Crippen molar-refractivity contribution in [1.82, 2.24) is 4.57 Å². The molecular formula is C14H15F6N3O4S2. The zero-order valence-corrected chi connectivity index (χ0v) is 16.4. The van der Waals surface area contributed by atoms with Crippen LogP contribution < -0.4 is 4.57 Å². The molecule has 2 aromatic rings. The van der Waals surface area contributed by atoms with Crippen LogP contribution in [0, 0.1) is 0 Å². The van der Waals surface area contributed by atoms with Crippen molar-refractivity contribution in [2.75, 3.05) is 0 Å². The number of hydrogen-bond donors (Lipinski definition) is 0. The summed E-state index contributed by atoms with van der Waals surface area (Å²) in [6.45, 7) is 2.20. The molecule has 0 amide bonds. The molecule has 164 valence electrons. The van der Waals surface area contributed by atoms with Gasteiger partial charge in [-0.1, -0.05) is 30.3 Å². The van der Waals surface area contributed by atoms with Gasteiger partial charge in [0.1, 0.15) is 18.4 Å². The summed E-state index contributed by atoms with van der Waals surface area (Å²) in [7, 11) is -11.4. The minimum atomic E-state index is -6.72. The Kier molecular flexibility index (Phi) is 7.48. The summed E-state index contributed by atoms with van der Waals surface area (Å²) >= 11 is 0. The van der Waals surface area contributed by atoms with E-state index >= 15 is 0 Å². The van der Waals surface area contributed by atoms with Gasteiger partial charge in [-0.05, 0) is 12.5 Å². The highest BCUT2D eigenvalue weighted by Gasteiger charge is 2.46. The van der Waals surface area contributed by atoms with E-state index in [9.17, 15) is 43.2 Å². The molecule has 0 aliphatic rings. The summed E-state index contributed by atoms with van der Waals surface area (Å²) < 4.78 is 113. The van der Waals surface area contributed by atoms with Crippen LogP contribution in [0.4, 0.5) is 26.3 Å². The number of alkyl halides is 6. The van der Waals surface area contributed by atoms with Gasteiger partial charge in [0.2, 0.25) is 6.33 Å². The van der Waals surface area contributed by atoms with Crippen molar-refractivity contribution in [3.05, 3.63) is 58.7 Å². The lowest BCUT2D eigenvalue weighted by Gasteiger charge is -2.22. The van der Waals surface area contributed by atoms with Crippen molar-refractivity contribution in [2.45, 2.75) is 24.0 Å². The minimum Gasteiger partial charge on any atom is -0.421 e. The third kappa shape index (κ3) is 6.71. The Hall–Kier alpha value is -2.13. The van der Waals surface area contributed by atoms with E-state index in [1.165, 1.54) is 5.56 Å². The molecule has 0 spiro atoms. The topological polar surface area (TPSA) is 91.2 Å². The fourth-order valence-corrected chi connectivity index (χ4v) is 3.53. The van der Waals surface area contributed by atoms with Crippen LogP contribution in [0.1, 0.15) is 18.5 Å². The van der Waals surface area contributed by atoms with Gasteiger partial charge in [-0.25, -0.2) is 26.0 Å². The molecule has 1 atom stereocenters. The molecule has 1 aromatic carbocycles. The van der Waals surface area contributed by atoms with Crippen LogP contribution in [-0.2, 0) is 27.1 Å². The fraction of sp³-hybridized carbons (Fsp3) is 0.357. The molecule has 2 rings (SSSR count). The lowest BCUT2D eigenvalue weighted by Crippen LogP contribution is -2.36. The van der Waals surface area contributed by atoms with E-state index < -0.39 is 31.1 Å². The normalized spacial score (nSPS) is 14.1. The summed E-state index contributed by atoms with van der Waals surface area (Å²) in [5.74, 6) is 0. The van der Waals surface area contributed by atoms with Gasteiger partial charge in [0.25, 0.3) is 0 Å². The van der Waals surface area contributed by atoms with Gasteiger partial charge in [-0.3, -0.25) is 0 Å². The third-order valence-electron chi connectivity index (χ3n) is 3.30. The highest BCUT2D eigenvalue weighted by molar-refractivity contribution is 8.13. The maximum atomic E-state index is 11.4. The standard InChI is InChI=1S/C12H15N2.C2F6NO4S2/c1-11(12-6-4-3-5-7-12)14-9-8-13(2)10-14;3-1(4,5)14(10,11)9-15(12,13)2(6,7)8/h3-11H,1-2H3;/q+1;-1. The first-order chi connectivity index (χ1) is 13.0. The smallest absolute Gasteiger partial charge is 0.421 e. The Morgan fingerprint density at radius 2 is 1.38 bits per heavy atom. The number of rotatable bonds is 4. The minimum absolute atomic E-state index is 0.400. The second-order valence-corrected chi connectivity index (χ2v) is 8.95. The van der Waals surface area contributed by atoms with Crippen molar-refractivity contribution in [3.8, 4) is 0 Å². The maximum absolute atomic E-state index is 11.4. The molecule has 15 heteroatoms. The van der Waals surface area contributed by atoms with E-state index in [4.69, 9.17) is 0 Å². The fourth-order valence-electron chi connectivity index (χ4n) is 1.82. The predicted molar refractivity (Wildman–Crippen MR) is 89.2 cm³/mol. The van der Waals surface area contributed by atoms with Gasteiger partial charge in [0.05, 0.1) is 7.05 Å². The summed E-state index contributed by atoms with van der Waals surface area (Å²) in [5, 5.41) is 0. The van der Waals surface area contributed by atoms with Crippen LogP contribution in [0.15, 0.2) is 49.1 Å². The lowest BCUT2D eigenvalue weighted by molar-refractivity contribution is -0.709. The van der Waals surface area contributed by atoms with Gasteiger partial charge >= 0.3 is 11.0 Å². The number of imidazole rings is 1. The SMILES string of the molecule is CC(c1ccccc1)[n+]1ccn(C)c1.O=S(=O)([N-]S(=O)(=O)C(F)(F)F)C(F)(F)F. The molecule has 1 heterocycles. The third-order valence-corrected chi connectivity index (χ3v) is 6.04. The van der Waals surface area contributed by atoms with Crippen LogP contribution in [0.3, 0.4) is 0 Å². The summed E-state index contributed by atoms with van der Waals surface area (Å²) in [4.78, 5) is 0. The molecule has 7 nitrogen and oxygen atoms in total. The van der Waals surface area contributed by atoms with Crippen LogP contribution in [0.25, 0.3) is 4.13 Å². The summed E-state index contributed by atoms with van der Waals surface area (Å²) in [6, 6.07) is 10.9. The van der Waals surface area contributed by atoms with Crippen LogP contribution in [0.5, 0.6) is 0 Å². The largest absolute Gasteiger partial charge is 0.480 e. The first-order valence-electron chi connectivity index (χ1n) is 7.42. The first-order valence-corrected chi connectivity index (χ1v) is 10.3. The van der Waals surface area contributed by atoms with E-state index in [0.29, 0.717) is 6.04 Å².